The minimum absolute atomic E-state index is 0.0600. The third-order valence-electron chi connectivity index (χ3n) is 4.40. The van der Waals surface area contributed by atoms with Crippen LogP contribution in [0, 0.1) is 0 Å². The predicted octanol–water partition coefficient (Wildman–Crippen LogP) is 3.06. The van der Waals surface area contributed by atoms with Crippen LogP contribution in [0.15, 0.2) is 54.9 Å². The molecule has 1 atom stereocenters. The van der Waals surface area contributed by atoms with Gasteiger partial charge in [-0.1, -0.05) is 18.2 Å². The number of rotatable bonds is 3. The van der Waals surface area contributed by atoms with Crippen molar-refractivity contribution in [1.29, 1.82) is 0 Å². The maximum atomic E-state index is 12.3. The molecule has 0 bridgehead atoms. The summed E-state index contributed by atoms with van der Waals surface area (Å²) in [6.45, 7) is 0. The van der Waals surface area contributed by atoms with Gasteiger partial charge in [-0.25, -0.2) is 4.98 Å². The first-order valence-electron chi connectivity index (χ1n) is 7.96. The molecule has 0 saturated heterocycles. The van der Waals surface area contributed by atoms with Crippen molar-refractivity contribution in [3.05, 3.63) is 66.1 Å². The van der Waals surface area contributed by atoms with E-state index in [-0.39, 0.29) is 17.6 Å². The molecule has 0 fully saturated rings. The van der Waals surface area contributed by atoms with Crippen molar-refractivity contribution in [3.63, 3.8) is 0 Å². The zero-order valence-electron chi connectivity index (χ0n) is 13.6. The van der Waals surface area contributed by atoms with Gasteiger partial charge in [0.05, 0.1) is 18.5 Å². The monoisotopic (exact) mass is 335 g/mol. The van der Waals surface area contributed by atoms with E-state index >= 15 is 0 Å². The number of nitrogens with one attached hydrogen (secondary N) is 1. The number of benzene rings is 2. The first-order chi connectivity index (χ1) is 12.2. The van der Waals surface area contributed by atoms with E-state index in [1.165, 1.54) is 0 Å². The SMILES string of the molecule is COc1cccc(-n2cnc3c2NC(=O)C[C@@H]3c2ccc(O)cc2)c1. The molecule has 1 aliphatic heterocycles. The summed E-state index contributed by atoms with van der Waals surface area (Å²) in [6.07, 6.45) is 2.03. The smallest absolute Gasteiger partial charge is 0.226 e. The van der Waals surface area contributed by atoms with Crippen LogP contribution in [0.5, 0.6) is 11.5 Å². The quantitative estimate of drug-likeness (QED) is 0.771. The molecule has 1 aromatic heterocycles. The van der Waals surface area contributed by atoms with Crippen molar-refractivity contribution in [2.75, 3.05) is 12.4 Å². The Hall–Kier alpha value is -3.28. The van der Waals surface area contributed by atoms with E-state index in [1.807, 2.05) is 41.0 Å². The number of ether oxygens (including phenoxy) is 1. The number of carbonyl (C=O) groups is 1. The zero-order chi connectivity index (χ0) is 17.4. The molecule has 6 nitrogen and oxygen atoms in total. The molecular formula is C19H17N3O3. The predicted molar refractivity (Wildman–Crippen MR) is 93.3 cm³/mol. The third-order valence-corrected chi connectivity index (χ3v) is 4.40. The number of phenolic OH excluding ortho intramolecular Hbond substituents is 1. The van der Waals surface area contributed by atoms with Gasteiger partial charge in [-0.15, -0.1) is 0 Å². The Labute approximate surface area is 144 Å². The lowest BCUT2D eigenvalue weighted by Gasteiger charge is -2.23. The zero-order valence-corrected chi connectivity index (χ0v) is 13.6. The highest BCUT2D eigenvalue weighted by Gasteiger charge is 2.31. The molecular weight excluding hydrogens is 318 g/mol. The van der Waals surface area contributed by atoms with Crippen molar-refractivity contribution < 1.29 is 14.6 Å². The number of phenols is 1. The van der Waals surface area contributed by atoms with Gasteiger partial charge >= 0.3 is 0 Å². The van der Waals surface area contributed by atoms with Crippen molar-refractivity contribution in [2.24, 2.45) is 0 Å². The van der Waals surface area contributed by atoms with E-state index in [4.69, 9.17) is 4.74 Å². The van der Waals surface area contributed by atoms with Gasteiger partial charge in [-0.3, -0.25) is 9.36 Å². The molecule has 2 N–H and O–H groups in total. The lowest BCUT2D eigenvalue weighted by molar-refractivity contribution is -0.116. The summed E-state index contributed by atoms with van der Waals surface area (Å²) in [4.78, 5) is 16.8. The summed E-state index contributed by atoms with van der Waals surface area (Å²) in [7, 11) is 1.62. The first kappa shape index (κ1) is 15.3. The number of methoxy groups -OCH3 is 1. The Morgan fingerprint density at radius 2 is 2.04 bits per heavy atom. The third kappa shape index (κ3) is 2.71. The second kappa shape index (κ2) is 5.98. The molecule has 25 heavy (non-hydrogen) atoms. The highest BCUT2D eigenvalue weighted by atomic mass is 16.5. The first-order valence-corrected chi connectivity index (χ1v) is 7.96. The molecule has 0 radical (unpaired) electrons. The van der Waals surface area contributed by atoms with Crippen LogP contribution in [0.2, 0.25) is 0 Å². The summed E-state index contributed by atoms with van der Waals surface area (Å²) in [6, 6.07) is 14.5. The number of nitrogens with zero attached hydrogens (tertiary/aromatic N) is 2. The highest BCUT2D eigenvalue weighted by Crippen LogP contribution is 2.37. The van der Waals surface area contributed by atoms with Gasteiger partial charge < -0.3 is 15.2 Å². The van der Waals surface area contributed by atoms with E-state index < -0.39 is 0 Å². The van der Waals surface area contributed by atoms with Crippen LogP contribution >= 0.6 is 0 Å². The summed E-state index contributed by atoms with van der Waals surface area (Å²) in [5, 5.41) is 12.4. The number of carbonyl (C=O) groups excluding carboxylic acids is 1. The van der Waals surface area contributed by atoms with Gasteiger partial charge in [0.2, 0.25) is 5.91 Å². The van der Waals surface area contributed by atoms with Crippen LogP contribution in [0.1, 0.15) is 23.6 Å². The average molecular weight is 335 g/mol. The number of hydrogen-bond donors (Lipinski definition) is 2. The number of anilines is 1. The second-order valence-electron chi connectivity index (χ2n) is 5.95. The van der Waals surface area contributed by atoms with Crippen LogP contribution in [0.25, 0.3) is 5.69 Å². The average Bonchev–Trinajstić information content (AvgIpc) is 3.05. The normalized spacial score (nSPS) is 16.2. The topological polar surface area (TPSA) is 76.4 Å². The lowest BCUT2D eigenvalue weighted by Crippen LogP contribution is -2.24. The molecule has 0 aliphatic carbocycles. The highest BCUT2D eigenvalue weighted by molar-refractivity contribution is 5.94. The molecule has 0 unspecified atom stereocenters. The molecule has 4 rings (SSSR count). The molecule has 1 aliphatic rings. The van der Waals surface area contributed by atoms with Crippen molar-refractivity contribution in [3.8, 4) is 17.2 Å². The summed E-state index contributed by atoms with van der Waals surface area (Å²) >= 11 is 0. The maximum absolute atomic E-state index is 12.3. The molecule has 6 heteroatoms. The van der Waals surface area contributed by atoms with E-state index in [9.17, 15) is 9.90 Å². The minimum Gasteiger partial charge on any atom is -0.508 e. The fourth-order valence-electron chi connectivity index (χ4n) is 3.15. The van der Waals surface area contributed by atoms with Gasteiger partial charge in [-0.2, -0.15) is 0 Å². The van der Waals surface area contributed by atoms with E-state index in [2.05, 4.69) is 10.3 Å². The Morgan fingerprint density at radius 3 is 2.80 bits per heavy atom. The van der Waals surface area contributed by atoms with Crippen LogP contribution in [-0.4, -0.2) is 27.7 Å². The van der Waals surface area contributed by atoms with Crippen LogP contribution in [0.3, 0.4) is 0 Å². The van der Waals surface area contributed by atoms with Crippen LogP contribution in [-0.2, 0) is 4.79 Å². The number of aromatic hydroxyl groups is 1. The summed E-state index contributed by atoms with van der Waals surface area (Å²) in [5.74, 6) is 1.40. The molecule has 0 saturated carbocycles. The fourth-order valence-corrected chi connectivity index (χ4v) is 3.15. The Balaban J connectivity index is 1.79. The lowest BCUT2D eigenvalue weighted by atomic mass is 9.90. The van der Waals surface area contributed by atoms with Gasteiger partial charge in [0, 0.05) is 18.4 Å². The largest absolute Gasteiger partial charge is 0.508 e. The molecule has 0 spiro atoms. The molecule has 126 valence electrons. The van der Waals surface area contributed by atoms with Crippen LogP contribution in [0.4, 0.5) is 5.82 Å². The molecule has 2 aromatic carbocycles. The number of aromatic nitrogens is 2. The Bertz CT molecular complexity index is 931. The van der Waals surface area contributed by atoms with E-state index in [0.717, 1.165) is 22.7 Å². The second-order valence-corrected chi connectivity index (χ2v) is 5.95. The van der Waals surface area contributed by atoms with Gasteiger partial charge in [0.15, 0.2) is 0 Å². The van der Waals surface area contributed by atoms with Gasteiger partial charge in [-0.05, 0) is 29.8 Å². The number of imidazole rings is 1. The van der Waals surface area contributed by atoms with Crippen molar-refractivity contribution in [1.82, 2.24) is 9.55 Å². The van der Waals surface area contributed by atoms with Crippen molar-refractivity contribution in [2.45, 2.75) is 12.3 Å². The number of amides is 1. The molecule has 3 aromatic rings. The Morgan fingerprint density at radius 1 is 1.24 bits per heavy atom. The molecule has 2 heterocycles. The summed E-state index contributed by atoms with van der Waals surface area (Å²) < 4.78 is 7.12. The van der Waals surface area contributed by atoms with Crippen molar-refractivity contribution >= 4 is 11.7 Å². The fraction of sp³-hybridized carbons (Fsp3) is 0.158. The van der Waals surface area contributed by atoms with Gasteiger partial charge in [0.25, 0.3) is 0 Å². The number of fused-ring (bicyclic) bond motifs is 1. The van der Waals surface area contributed by atoms with Gasteiger partial charge in [0.1, 0.15) is 23.6 Å². The summed E-state index contributed by atoms with van der Waals surface area (Å²) in [5.41, 5.74) is 2.62. The Kier molecular flexibility index (Phi) is 3.65. The standard InChI is InChI=1S/C19H17N3O3/c1-25-15-4-2-3-13(9-15)22-11-20-18-16(10-17(24)21-19(18)22)12-5-7-14(23)8-6-12/h2-9,11,16,23H,10H2,1H3,(H,21,24)/t16-/m1/s1. The number of hydrogen-bond acceptors (Lipinski definition) is 4. The van der Waals surface area contributed by atoms with E-state index in [0.29, 0.717) is 12.2 Å². The maximum Gasteiger partial charge on any atom is 0.226 e. The molecule has 1 amide bonds. The minimum atomic E-state index is -0.142. The van der Waals surface area contributed by atoms with Crippen LogP contribution < -0.4 is 10.1 Å². The van der Waals surface area contributed by atoms with E-state index in [1.54, 1.807) is 25.6 Å².